The Morgan fingerprint density at radius 1 is 0.350 bits per heavy atom. The van der Waals surface area contributed by atoms with Gasteiger partial charge in [0.15, 0.2) is 0 Å². The van der Waals surface area contributed by atoms with Gasteiger partial charge in [0.1, 0.15) is 0 Å². The molecule has 0 aliphatic heterocycles. The fourth-order valence-corrected chi connectivity index (χ4v) is 10.8. The normalized spacial score (nSPS) is 12.9. The molecule has 1 amide bonds. The second-order valence-electron chi connectivity index (χ2n) is 24.2. The van der Waals surface area contributed by atoms with Crippen LogP contribution in [0.5, 0.6) is 0 Å². The quantitative estimate of drug-likeness (QED) is 0.0320. The van der Waals surface area contributed by atoms with Gasteiger partial charge in [-0.15, -0.1) is 0 Å². The van der Waals surface area contributed by atoms with Crippen LogP contribution in [0.15, 0.2) is 60.8 Å². The van der Waals surface area contributed by atoms with Crippen molar-refractivity contribution in [2.24, 2.45) is 0 Å². The third-order valence-electron chi connectivity index (χ3n) is 16.3. The summed E-state index contributed by atoms with van der Waals surface area (Å²) in [6, 6.07) is -0.628. The number of allylic oxidation sites excluding steroid dienone is 9. The number of aliphatic hydroxyl groups is 2. The summed E-state index contributed by atoms with van der Waals surface area (Å²) in [5.41, 5.74) is 0. The largest absolute Gasteiger partial charge is 0.466 e. The molecular weight excluding hydrogens is 983 g/mol. The van der Waals surface area contributed by atoms with Crippen LogP contribution in [0.2, 0.25) is 0 Å². The van der Waals surface area contributed by atoms with Crippen molar-refractivity contribution in [2.75, 3.05) is 13.2 Å². The molecule has 3 N–H and O–H groups in total. The zero-order valence-corrected chi connectivity index (χ0v) is 53.6. The summed E-state index contributed by atoms with van der Waals surface area (Å²) in [7, 11) is 0. The molecule has 0 fully saturated rings. The minimum Gasteiger partial charge on any atom is -0.466 e. The molecule has 0 spiro atoms. The molecule has 0 saturated carbocycles. The van der Waals surface area contributed by atoms with Gasteiger partial charge in [-0.05, 0) is 96.3 Å². The molecule has 2 atom stereocenters. The van der Waals surface area contributed by atoms with E-state index in [0.717, 1.165) is 57.8 Å². The first-order valence-electron chi connectivity index (χ1n) is 35.6. The number of carbonyl (C=O) groups excluding carboxylic acids is 2. The number of nitrogens with one attached hydrogen (secondary N) is 1. The molecule has 0 aromatic heterocycles. The first kappa shape index (κ1) is 77.6. The summed E-state index contributed by atoms with van der Waals surface area (Å²) >= 11 is 0. The first-order valence-corrected chi connectivity index (χ1v) is 35.6. The molecule has 0 bridgehead atoms. The predicted molar refractivity (Wildman–Crippen MR) is 352 cm³/mol. The maximum atomic E-state index is 12.5. The Kier molecular flexibility index (Phi) is 66.9. The molecule has 0 aliphatic rings. The molecular formula is C74H137NO5. The van der Waals surface area contributed by atoms with Crippen molar-refractivity contribution in [1.82, 2.24) is 5.32 Å². The second-order valence-corrected chi connectivity index (χ2v) is 24.2. The van der Waals surface area contributed by atoms with E-state index in [1.54, 1.807) is 6.08 Å². The van der Waals surface area contributed by atoms with Crippen molar-refractivity contribution in [1.29, 1.82) is 0 Å². The standard InChI is InChI=1S/C74H137NO5/c1-3-5-7-9-11-13-15-17-19-35-40-44-48-52-56-60-64-68-74(79)80-69-65-61-57-53-49-45-41-37-34-32-30-28-26-24-22-20-21-23-25-27-29-31-33-36-39-43-47-51-55-59-63-67-73(78)75-71(70-76)72(77)66-62-58-54-50-46-42-38-18-16-14-12-10-8-6-4-2/h11,13,17,19,22,24,28,30,62,66,71-72,76-77H,3-10,12,14-16,18,20-21,23,25-27,29,31-61,63-65,67-70H2,1-2H3,(H,75,78)/b13-11-,19-17-,24-22-,30-28-,66-62+. The Hall–Kier alpha value is -2.44. The number of rotatable bonds is 66. The minimum absolute atomic E-state index is 0.00495. The van der Waals surface area contributed by atoms with Gasteiger partial charge < -0.3 is 20.3 Å². The highest BCUT2D eigenvalue weighted by atomic mass is 16.5. The van der Waals surface area contributed by atoms with Crippen LogP contribution in [0.4, 0.5) is 0 Å². The number of ether oxygens (including phenoxy) is 1. The van der Waals surface area contributed by atoms with E-state index in [1.165, 1.54) is 289 Å². The van der Waals surface area contributed by atoms with E-state index in [4.69, 9.17) is 4.74 Å². The lowest BCUT2D eigenvalue weighted by Crippen LogP contribution is -2.45. The number of unbranched alkanes of at least 4 members (excludes halogenated alkanes) is 47. The van der Waals surface area contributed by atoms with Crippen molar-refractivity contribution in [2.45, 2.75) is 386 Å². The van der Waals surface area contributed by atoms with Crippen LogP contribution in [0, 0.1) is 0 Å². The molecule has 6 nitrogen and oxygen atoms in total. The molecule has 0 aliphatic carbocycles. The molecule has 80 heavy (non-hydrogen) atoms. The third-order valence-corrected chi connectivity index (χ3v) is 16.3. The molecule has 0 saturated heterocycles. The van der Waals surface area contributed by atoms with Crippen molar-refractivity contribution < 1.29 is 24.5 Å². The Morgan fingerprint density at radius 3 is 0.975 bits per heavy atom. The van der Waals surface area contributed by atoms with Crippen LogP contribution in [0.1, 0.15) is 373 Å². The van der Waals surface area contributed by atoms with Gasteiger partial charge in [-0.25, -0.2) is 0 Å². The van der Waals surface area contributed by atoms with Crippen molar-refractivity contribution in [3.8, 4) is 0 Å². The highest BCUT2D eigenvalue weighted by molar-refractivity contribution is 5.76. The molecule has 6 heteroatoms. The average molecular weight is 1120 g/mol. The lowest BCUT2D eigenvalue weighted by molar-refractivity contribution is -0.143. The summed E-state index contributed by atoms with van der Waals surface area (Å²) in [6.45, 7) is 4.89. The van der Waals surface area contributed by atoms with Crippen LogP contribution in [-0.4, -0.2) is 47.4 Å². The van der Waals surface area contributed by atoms with E-state index >= 15 is 0 Å². The van der Waals surface area contributed by atoms with Gasteiger partial charge in [-0.3, -0.25) is 9.59 Å². The van der Waals surface area contributed by atoms with Crippen molar-refractivity contribution in [3.05, 3.63) is 60.8 Å². The summed E-state index contributed by atoms with van der Waals surface area (Å²) in [5.74, 6) is -0.0611. The molecule has 0 radical (unpaired) electrons. The molecule has 0 aromatic carbocycles. The zero-order chi connectivity index (χ0) is 57.8. The van der Waals surface area contributed by atoms with Gasteiger partial charge >= 0.3 is 5.97 Å². The molecule has 0 heterocycles. The van der Waals surface area contributed by atoms with Gasteiger partial charge in [-0.1, -0.05) is 325 Å². The number of amides is 1. The molecule has 468 valence electrons. The zero-order valence-electron chi connectivity index (χ0n) is 53.6. The molecule has 0 rings (SSSR count). The van der Waals surface area contributed by atoms with Crippen molar-refractivity contribution in [3.63, 3.8) is 0 Å². The monoisotopic (exact) mass is 1120 g/mol. The number of hydrogen-bond acceptors (Lipinski definition) is 5. The topological polar surface area (TPSA) is 95.9 Å². The van der Waals surface area contributed by atoms with E-state index in [-0.39, 0.29) is 18.5 Å². The van der Waals surface area contributed by atoms with E-state index < -0.39 is 12.1 Å². The van der Waals surface area contributed by atoms with Crippen molar-refractivity contribution >= 4 is 11.9 Å². The van der Waals surface area contributed by atoms with E-state index in [0.29, 0.717) is 19.4 Å². The SMILES string of the molecule is CCCCC/C=C\C/C=C\CCCCCCCCCC(=O)OCCCCCCCCCCC/C=C\C/C=C\CCCCCCCCCCCCCCCCCC(=O)NC(CO)C(O)/C=C/CCCCCCCCCCCCCCC. The maximum Gasteiger partial charge on any atom is 0.305 e. The lowest BCUT2D eigenvalue weighted by Gasteiger charge is -2.20. The van der Waals surface area contributed by atoms with Gasteiger partial charge in [0, 0.05) is 12.8 Å². The Labute approximate surface area is 499 Å². The summed E-state index contributed by atoms with van der Waals surface area (Å²) in [5, 5.41) is 23.2. The summed E-state index contributed by atoms with van der Waals surface area (Å²) < 4.78 is 5.49. The van der Waals surface area contributed by atoms with Gasteiger partial charge in [-0.2, -0.15) is 0 Å². The maximum absolute atomic E-state index is 12.5. The third kappa shape index (κ3) is 64.7. The summed E-state index contributed by atoms with van der Waals surface area (Å²) in [4.78, 5) is 24.6. The number of esters is 1. The Morgan fingerprint density at radius 2 is 0.625 bits per heavy atom. The highest BCUT2D eigenvalue weighted by Gasteiger charge is 2.18. The van der Waals surface area contributed by atoms with Gasteiger partial charge in [0.05, 0.1) is 25.4 Å². The summed E-state index contributed by atoms with van der Waals surface area (Å²) in [6.07, 6.45) is 91.6. The molecule has 0 aromatic rings. The minimum atomic E-state index is -0.845. The van der Waals surface area contributed by atoms with Crippen LogP contribution < -0.4 is 5.32 Å². The fraction of sp³-hybridized carbons (Fsp3) is 0.838. The fourth-order valence-electron chi connectivity index (χ4n) is 10.8. The highest BCUT2D eigenvalue weighted by Crippen LogP contribution is 2.18. The lowest BCUT2D eigenvalue weighted by atomic mass is 10.0. The average Bonchev–Trinajstić information content (AvgIpc) is 3.46. The van der Waals surface area contributed by atoms with E-state index in [1.807, 2.05) is 6.08 Å². The van der Waals surface area contributed by atoms with Crippen LogP contribution in [-0.2, 0) is 14.3 Å². The molecule has 2 unspecified atom stereocenters. The Balaban J connectivity index is 3.41. The van der Waals surface area contributed by atoms with Crippen LogP contribution in [0.25, 0.3) is 0 Å². The Bertz CT molecular complexity index is 1380. The number of aliphatic hydroxyl groups excluding tert-OH is 2. The predicted octanol–water partition coefficient (Wildman–Crippen LogP) is 23.0. The number of carbonyl (C=O) groups is 2. The van der Waals surface area contributed by atoms with E-state index in [9.17, 15) is 19.8 Å². The first-order chi connectivity index (χ1) is 39.5. The van der Waals surface area contributed by atoms with E-state index in [2.05, 4.69) is 67.8 Å². The van der Waals surface area contributed by atoms with Gasteiger partial charge in [0.2, 0.25) is 5.91 Å². The second kappa shape index (κ2) is 69.1. The van der Waals surface area contributed by atoms with Crippen LogP contribution in [0.3, 0.4) is 0 Å². The van der Waals surface area contributed by atoms with Crippen LogP contribution >= 0.6 is 0 Å². The number of hydrogen-bond donors (Lipinski definition) is 3. The smallest absolute Gasteiger partial charge is 0.305 e. The van der Waals surface area contributed by atoms with Gasteiger partial charge in [0.25, 0.3) is 0 Å².